The number of imidazole rings is 1. The van der Waals surface area contributed by atoms with E-state index in [0.717, 1.165) is 30.7 Å². The molecule has 1 unspecified atom stereocenters. The van der Waals surface area contributed by atoms with E-state index in [0.29, 0.717) is 5.82 Å². The van der Waals surface area contributed by atoms with Crippen molar-refractivity contribution in [3.8, 4) is 0 Å². The summed E-state index contributed by atoms with van der Waals surface area (Å²) in [6.07, 6.45) is 2.95. The molecule has 0 aliphatic heterocycles. The summed E-state index contributed by atoms with van der Waals surface area (Å²) in [5.74, 6) is 0.491. The number of fused-ring (bicyclic) bond motifs is 1. The molecule has 1 aromatic heterocycles. The first kappa shape index (κ1) is 10.6. The number of rotatable bonds is 1. The first-order valence-electron chi connectivity index (χ1n) is 5.41. The van der Waals surface area contributed by atoms with Crippen LogP contribution in [0.2, 0.25) is 0 Å². The summed E-state index contributed by atoms with van der Waals surface area (Å²) in [6.45, 7) is 3.07. The lowest BCUT2D eigenvalue weighted by Crippen LogP contribution is -2.21. The van der Waals surface area contributed by atoms with Gasteiger partial charge in [-0.05, 0) is 33.1 Å². The molecule has 0 fully saturated rings. The van der Waals surface area contributed by atoms with E-state index in [1.54, 1.807) is 0 Å². The topological polar surface area (TPSA) is 43.8 Å². The second-order valence-electron chi connectivity index (χ2n) is 4.80. The number of hydrogen-bond donors (Lipinski definition) is 1. The van der Waals surface area contributed by atoms with Crippen molar-refractivity contribution in [3.63, 3.8) is 0 Å². The Morgan fingerprint density at radius 2 is 2.20 bits per heavy atom. The molecule has 1 atom stereocenters. The largest absolute Gasteiger partial charge is 0.331 e. The Balaban J connectivity index is 2.53. The Morgan fingerprint density at radius 3 is 2.73 bits per heavy atom. The van der Waals surface area contributed by atoms with E-state index in [1.165, 1.54) is 13.8 Å². The highest BCUT2D eigenvalue weighted by Crippen LogP contribution is 2.32. The van der Waals surface area contributed by atoms with Crippen LogP contribution in [0.5, 0.6) is 0 Å². The van der Waals surface area contributed by atoms with Gasteiger partial charge in [0.05, 0.1) is 11.4 Å². The Bertz CT molecular complexity index is 376. The molecule has 1 aromatic rings. The predicted octanol–water partition coefficient (Wildman–Crippen LogP) is 1.96. The maximum absolute atomic E-state index is 13.9. The molecule has 0 bridgehead atoms. The molecule has 15 heavy (non-hydrogen) atoms. The summed E-state index contributed by atoms with van der Waals surface area (Å²) in [4.78, 5) is 4.38. The number of alkyl halides is 1. The summed E-state index contributed by atoms with van der Waals surface area (Å²) < 4.78 is 15.7. The third kappa shape index (κ3) is 1.67. The lowest BCUT2D eigenvalue weighted by atomic mass is 9.97. The van der Waals surface area contributed by atoms with E-state index in [-0.39, 0.29) is 6.04 Å². The van der Waals surface area contributed by atoms with Gasteiger partial charge in [0.1, 0.15) is 5.82 Å². The molecule has 4 heteroatoms. The molecule has 2 rings (SSSR count). The van der Waals surface area contributed by atoms with Crippen LogP contribution in [0.25, 0.3) is 0 Å². The fourth-order valence-corrected chi connectivity index (χ4v) is 2.37. The highest BCUT2D eigenvalue weighted by atomic mass is 19.1. The smallest absolute Gasteiger partial charge is 0.162 e. The molecule has 3 nitrogen and oxygen atoms in total. The van der Waals surface area contributed by atoms with Gasteiger partial charge in [-0.25, -0.2) is 9.37 Å². The maximum atomic E-state index is 13.9. The number of hydrogen-bond acceptors (Lipinski definition) is 2. The molecule has 0 radical (unpaired) electrons. The third-order valence-electron chi connectivity index (χ3n) is 3.03. The first-order chi connectivity index (χ1) is 6.91. The molecule has 0 aromatic carbocycles. The summed E-state index contributed by atoms with van der Waals surface area (Å²) in [5.41, 5.74) is 6.62. The van der Waals surface area contributed by atoms with Gasteiger partial charge in [0.2, 0.25) is 0 Å². The van der Waals surface area contributed by atoms with Crippen molar-refractivity contribution < 1.29 is 4.39 Å². The fraction of sp³-hybridized carbons (Fsp3) is 0.727. The predicted molar refractivity (Wildman–Crippen MR) is 57.2 cm³/mol. The van der Waals surface area contributed by atoms with Crippen LogP contribution in [0.4, 0.5) is 4.39 Å². The van der Waals surface area contributed by atoms with Gasteiger partial charge in [-0.2, -0.15) is 0 Å². The standard InChI is InChI=1S/C11H18FN3/c1-11(2,12)10-14-8-6-4-5-7(13)9(8)15(10)3/h7H,4-6,13H2,1-3H3. The molecular weight excluding hydrogens is 193 g/mol. The summed E-state index contributed by atoms with van der Waals surface area (Å²) in [5, 5.41) is 0. The molecule has 0 amide bonds. The highest BCUT2D eigenvalue weighted by Gasteiger charge is 2.31. The number of halogens is 1. The molecule has 1 heterocycles. The molecular formula is C11H18FN3. The maximum Gasteiger partial charge on any atom is 0.162 e. The zero-order valence-electron chi connectivity index (χ0n) is 9.55. The van der Waals surface area contributed by atoms with Crippen LogP contribution in [-0.2, 0) is 19.1 Å². The minimum absolute atomic E-state index is 0.0161. The van der Waals surface area contributed by atoms with Gasteiger partial charge >= 0.3 is 0 Å². The molecule has 1 aliphatic rings. The lowest BCUT2D eigenvalue weighted by molar-refractivity contribution is 0.200. The minimum atomic E-state index is -1.40. The second kappa shape index (κ2) is 3.30. The van der Waals surface area contributed by atoms with Crippen molar-refractivity contribution in [1.82, 2.24) is 9.55 Å². The van der Waals surface area contributed by atoms with Crippen molar-refractivity contribution in [3.05, 3.63) is 17.2 Å². The van der Waals surface area contributed by atoms with Crippen molar-refractivity contribution in [2.24, 2.45) is 12.8 Å². The van der Waals surface area contributed by atoms with E-state index >= 15 is 0 Å². The van der Waals surface area contributed by atoms with Crippen LogP contribution in [-0.4, -0.2) is 9.55 Å². The Hall–Kier alpha value is -0.900. The van der Waals surface area contributed by atoms with Crippen molar-refractivity contribution in [2.45, 2.75) is 44.8 Å². The van der Waals surface area contributed by atoms with Gasteiger partial charge in [-0.1, -0.05) is 0 Å². The van der Waals surface area contributed by atoms with Crippen molar-refractivity contribution >= 4 is 0 Å². The van der Waals surface area contributed by atoms with Gasteiger partial charge in [-0.3, -0.25) is 0 Å². The molecule has 2 N–H and O–H groups in total. The van der Waals surface area contributed by atoms with Gasteiger partial charge < -0.3 is 10.3 Å². The van der Waals surface area contributed by atoms with E-state index in [1.807, 2.05) is 11.6 Å². The van der Waals surface area contributed by atoms with Crippen LogP contribution in [0.1, 0.15) is 49.9 Å². The van der Waals surface area contributed by atoms with Crippen LogP contribution in [0, 0.1) is 0 Å². The molecule has 0 saturated heterocycles. The second-order valence-corrected chi connectivity index (χ2v) is 4.80. The molecule has 0 saturated carbocycles. The number of aryl methyl sites for hydroxylation is 1. The quantitative estimate of drug-likeness (QED) is 0.771. The zero-order chi connectivity index (χ0) is 11.2. The van der Waals surface area contributed by atoms with Gasteiger partial charge in [0, 0.05) is 13.1 Å². The molecule has 0 spiro atoms. The lowest BCUT2D eigenvalue weighted by Gasteiger charge is -2.20. The van der Waals surface area contributed by atoms with Crippen LogP contribution in [0.3, 0.4) is 0 Å². The van der Waals surface area contributed by atoms with Crippen LogP contribution < -0.4 is 5.73 Å². The van der Waals surface area contributed by atoms with Crippen molar-refractivity contribution in [2.75, 3.05) is 0 Å². The third-order valence-corrected chi connectivity index (χ3v) is 3.03. The molecule has 84 valence electrons. The Morgan fingerprint density at radius 1 is 1.53 bits per heavy atom. The van der Waals surface area contributed by atoms with E-state index in [9.17, 15) is 4.39 Å². The van der Waals surface area contributed by atoms with Crippen LogP contribution in [0.15, 0.2) is 0 Å². The Kier molecular flexibility index (Phi) is 2.34. The highest BCUT2D eigenvalue weighted by molar-refractivity contribution is 5.25. The number of nitrogens with two attached hydrogens (primary N) is 1. The van der Waals surface area contributed by atoms with E-state index in [4.69, 9.17) is 5.73 Å². The SMILES string of the molecule is Cn1c(C(C)(C)F)nc2c1C(N)CCC2. The van der Waals surface area contributed by atoms with E-state index < -0.39 is 5.67 Å². The van der Waals surface area contributed by atoms with Crippen molar-refractivity contribution in [1.29, 1.82) is 0 Å². The number of nitrogens with zero attached hydrogens (tertiary/aromatic N) is 2. The van der Waals surface area contributed by atoms with Gasteiger partial charge in [0.15, 0.2) is 5.67 Å². The minimum Gasteiger partial charge on any atom is -0.331 e. The number of aromatic nitrogens is 2. The summed E-state index contributed by atoms with van der Waals surface area (Å²) in [7, 11) is 1.85. The summed E-state index contributed by atoms with van der Waals surface area (Å²) in [6, 6.07) is 0.0161. The average Bonchev–Trinajstić information content (AvgIpc) is 2.44. The van der Waals surface area contributed by atoms with E-state index in [2.05, 4.69) is 4.98 Å². The van der Waals surface area contributed by atoms with Gasteiger partial charge in [-0.15, -0.1) is 0 Å². The first-order valence-corrected chi connectivity index (χ1v) is 5.41. The van der Waals surface area contributed by atoms with Crippen LogP contribution >= 0.6 is 0 Å². The van der Waals surface area contributed by atoms with Gasteiger partial charge in [0.25, 0.3) is 0 Å². The normalized spacial score (nSPS) is 21.5. The fourth-order valence-electron chi connectivity index (χ4n) is 2.37. The Labute approximate surface area is 89.5 Å². The molecule has 1 aliphatic carbocycles. The summed E-state index contributed by atoms with van der Waals surface area (Å²) >= 11 is 0. The zero-order valence-corrected chi connectivity index (χ0v) is 9.55. The monoisotopic (exact) mass is 211 g/mol. The average molecular weight is 211 g/mol.